The number of esters is 1. The summed E-state index contributed by atoms with van der Waals surface area (Å²) in [5, 5.41) is 20.9. The van der Waals surface area contributed by atoms with Gasteiger partial charge in [-0.05, 0) is 12.5 Å². The summed E-state index contributed by atoms with van der Waals surface area (Å²) in [7, 11) is 1.22. The first kappa shape index (κ1) is 16.0. The van der Waals surface area contributed by atoms with E-state index in [1.807, 2.05) is 12.1 Å². The predicted molar refractivity (Wildman–Crippen MR) is 82.8 cm³/mol. The molecule has 2 rings (SSSR count). The summed E-state index contributed by atoms with van der Waals surface area (Å²) in [4.78, 5) is 12.0. The van der Waals surface area contributed by atoms with Crippen molar-refractivity contribution in [2.45, 2.75) is 12.8 Å². The van der Waals surface area contributed by atoms with Gasteiger partial charge in [0.1, 0.15) is 5.92 Å². The number of hydrazone groups is 1. The van der Waals surface area contributed by atoms with Gasteiger partial charge in [0.15, 0.2) is 11.5 Å². The summed E-state index contributed by atoms with van der Waals surface area (Å²) in [6, 6.07) is 10.8. The zero-order chi connectivity index (χ0) is 16.8. The first-order chi connectivity index (χ1) is 11.1. The molecular weight excluding hydrogens is 298 g/mol. The van der Waals surface area contributed by atoms with Gasteiger partial charge in [-0.1, -0.05) is 30.3 Å². The van der Waals surface area contributed by atoms with Gasteiger partial charge in [-0.2, -0.15) is 10.4 Å². The van der Waals surface area contributed by atoms with E-state index in [4.69, 9.17) is 10.6 Å². The Labute approximate surface area is 132 Å². The number of rotatable bonds is 5. The number of nitrogens with one attached hydrogen (secondary N) is 1. The highest BCUT2D eigenvalue weighted by Gasteiger charge is 2.26. The minimum atomic E-state index is -0.897. The fraction of sp³-hybridized carbons (Fsp3) is 0.214. The molecule has 118 valence electrons. The number of nitriles is 1. The molecule has 1 atom stereocenters. The van der Waals surface area contributed by atoms with Gasteiger partial charge in [-0.15, -0.1) is 10.2 Å². The Hall–Kier alpha value is -3.41. The molecule has 0 aliphatic rings. The van der Waals surface area contributed by atoms with Crippen LogP contribution in [0.3, 0.4) is 0 Å². The van der Waals surface area contributed by atoms with E-state index in [1.54, 1.807) is 31.2 Å². The van der Waals surface area contributed by atoms with Gasteiger partial charge >= 0.3 is 5.97 Å². The Morgan fingerprint density at radius 1 is 1.43 bits per heavy atom. The largest absolute Gasteiger partial charge is 0.464 e. The number of methoxy groups -OCH3 is 1. The summed E-state index contributed by atoms with van der Waals surface area (Å²) in [5.74, 6) is 4.66. The molecule has 9 heteroatoms. The van der Waals surface area contributed by atoms with Gasteiger partial charge in [0, 0.05) is 0 Å². The lowest BCUT2D eigenvalue weighted by atomic mass is 9.95. The number of benzene rings is 1. The van der Waals surface area contributed by atoms with Crippen LogP contribution in [0.5, 0.6) is 0 Å². The van der Waals surface area contributed by atoms with Crippen LogP contribution in [-0.2, 0) is 9.53 Å². The molecule has 23 heavy (non-hydrogen) atoms. The molecule has 0 spiro atoms. The van der Waals surface area contributed by atoms with E-state index in [0.717, 1.165) is 0 Å². The third kappa shape index (κ3) is 3.44. The monoisotopic (exact) mass is 313 g/mol. The predicted octanol–water partition coefficient (Wildman–Crippen LogP) is 0.549. The summed E-state index contributed by atoms with van der Waals surface area (Å²) in [6.45, 7) is 1.66. The van der Waals surface area contributed by atoms with E-state index < -0.39 is 11.9 Å². The zero-order valence-electron chi connectivity index (χ0n) is 12.6. The number of hydrogen-bond donors (Lipinski definition) is 2. The minimum Gasteiger partial charge on any atom is -0.464 e. The Morgan fingerprint density at radius 2 is 2.13 bits per heavy atom. The summed E-state index contributed by atoms with van der Waals surface area (Å²) in [5.41, 5.74) is 3.04. The number of ether oxygens (including phenoxy) is 1. The molecule has 0 fully saturated rings. The smallest absolute Gasteiger partial charge is 0.355 e. The molecule has 9 nitrogen and oxygen atoms in total. The van der Waals surface area contributed by atoms with Crippen molar-refractivity contribution in [1.82, 2.24) is 14.9 Å². The van der Waals surface area contributed by atoms with Gasteiger partial charge < -0.3 is 10.6 Å². The highest BCUT2D eigenvalue weighted by molar-refractivity contribution is 6.39. The standard InChI is InChI=1S/C14H15N7O2/c1-9-17-19-14(21(9)16)20-18-12(13(22)23-2)11(8-15)10-6-4-3-5-7-10/h3-7,11H,16H2,1-2H3,(H,19,20). The second-order valence-electron chi connectivity index (χ2n) is 4.51. The van der Waals surface area contributed by atoms with Gasteiger partial charge in [0.25, 0.3) is 5.95 Å². The van der Waals surface area contributed by atoms with E-state index in [9.17, 15) is 10.1 Å². The average molecular weight is 313 g/mol. The Balaban J connectivity index is 2.36. The summed E-state index contributed by atoms with van der Waals surface area (Å²) >= 11 is 0. The molecule has 0 saturated heterocycles. The van der Waals surface area contributed by atoms with E-state index in [1.165, 1.54) is 11.8 Å². The maximum atomic E-state index is 12.0. The normalized spacial score (nSPS) is 12.3. The second kappa shape index (κ2) is 7.04. The molecule has 1 heterocycles. The number of hydrogen-bond acceptors (Lipinski definition) is 8. The lowest BCUT2D eigenvalue weighted by Crippen LogP contribution is -2.25. The van der Waals surface area contributed by atoms with Crippen molar-refractivity contribution >= 4 is 17.6 Å². The lowest BCUT2D eigenvalue weighted by molar-refractivity contribution is -0.132. The van der Waals surface area contributed by atoms with Crippen molar-refractivity contribution in [2.75, 3.05) is 18.4 Å². The van der Waals surface area contributed by atoms with Gasteiger partial charge in [-0.3, -0.25) is 0 Å². The molecule has 1 unspecified atom stereocenters. The Morgan fingerprint density at radius 3 is 2.65 bits per heavy atom. The summed E-state index contributed by atoms with van der Waals surface area (Å²) < 4.78 is 5.87. The average Bonchev–Trinajstić information content (AvgIpc) is 2.90. The van der Waals surface area contributed by atoms with Crippen LogP contribution in [0.15, 0.2) is 35.4 Å². The van der Waals surface area contributed by atoms with Crippen LogP contribution in [0.4, 0.5) is 5.95 Å². The van der Waals surface area contributed by atoms with Crippen LogP contribution < -0.4 is 11.3 Å². The number of carbonyl (C=O) groups excluding carboxylic acids is 1. The van der Waals surface area contributed by atoms with Crippen molar-refractivity contribution in [2.24, 2.45) is 5.10 Å². The summed E-state index contributed by atoms with van der Waals surface area (Å²) in [6.07, 6.45) is 0. The van der Waals surface area contributed by atoms with Crippen LogP contribution in [0, 0.1) is 18.3 Å². The van der Waals surface area contributed by atoms with Crippen molar-refractivity contribution in [1.29, 1.82) is 5.26 Å². The Kier molecular flexibility index (Phi) is 4.89. The molecule has 0 aliphatic carbocycles. The number of carbonyl (C=O) groups is 1. The third-order valence-electron chi connectivity index (χ3n) is 3.07. The van der Waals surface area contributed by atoms with Crippen LogP contribution in [0.1, 0.15) is 17.3 Å². The molecule has 0 aliphatic heterocycles. The quantitative estimate of drug-likeness (QED) is 0.356. The number of aromatic nitrogens is 3. The first-order valence-corrected chi connectivity index (χ1v) is 6.62. The SMILES string of the molecule is COC(=O)C(=NNc1nnc(C)n1N)C(C#N)c1ccccc1. The Bertz CT molecular complexity index is 761. The zero-order valence-corrected chi connectivity index (χ0v) is 12.6. The van der Waals surface area contributed by atoms with Gasteiger partial charge in [-0.25, -0.2) is 14.9 Å². The second-order valence-corrected chi connectivity index (χ2v) is 4.51. The molecule has 0 saturated carbocycles. The molecule has 0 bridgehead atoms. The van der Waals surface area contributed by atoms with Crippen LogP contribution in [0.2, 0.25) is 0 Å². The number of nitrogens with two attached hydrogens (primary N) is 1. The third-order valence-corrected chi connectivity index (χ3v) is 3.07. The maximum absolute atomic E-state index is 12.0. The van der Waals surface area contributed by atoms with Crippen LogP contribution in [-0.4, -0.2) is 33.7 Å². The van der Waals surface area contributed by atoms with Crippen LogP contribution >= 0.6 is 0 Å². The minimum absolute atomic E-state index is 0.109. The highest BCUT2D eigenvalue weighted by Crippen LogP contribution is 2.18. The lowest BCUT2D eigenvalue weighted by Gasteiger charge is -2.11. The number of aryl methyl sites for hydroxylation is 1. The number of nitrogen functional groups attached to an aromatic ring is 1. The van der Waals surface area contributed by atoms with Crippen molar-refractivity contribution in [3.05, 3.63) is 41.7 Å². The van der Waals surface area contributed by atoms with Gasteiger partial charge in [0.2, 0.25) is 0 Å². The van der Waals surface area contributed by atoms with Gasteiger partial charge in [0.05, 0.1) is 13.2 Å². The van der Waals surface area contributed by atoms with Crippen molar-refractivity contribution in [3.63, 3.8) is 0 Å². The highest BCUT2D eigenvalue weighted by atomic mass is 16.5. The van der Waals surface area contributed by atoms with Crippen molar-refractivity contribution in [3.8, 4) is 6.07 Å². The van der Waals surface area contributed by atoms with E-state index in [-0.39, 0.29) is 11.7 Å². The molecule has 1 aromatic heterocycles. The first-order valence-electron chi connectivity index (χ1n) is 6.62. The van der Waals surface area contributed by atoms with E-state index in [0.29, 0.717) is 11.4 Å². The van der Waals surface area contributed by atoms with E-state index in [2.05, 4.69) is 20.7 Å². The molecule has 0 radical (unpaired) electrons. The topological polar surface area (TPSA) is 131 Å². The van der Waals surface area contributed by atoms with Crippen LogP contribution in [0.25, 0.3) is 0 Å². The molecular formula is C14H15N7O2. The molecule has 1 aromatic carbocycles. The maximum Gasteiger partial charge on any atom is 0.355 e. The fourth-order valence-corrected chi connectivity index (χ4v) is 1.83. The number of nitrogens with zero attached hydrogens (tertiary/aromatic N) is 5. The molecule has 2 aromatic rings. The fourth-order valence-electron chi connectivity index (χ4n) is 1.83. The number of anilines is 1. The van der Waals surface area contributed by atoms with Crippen molar-refractivity contribution < 1.29 is 9.53 Å². The molecule has 3 N–H and O–H groups in total. The van der Waals surface area contributed by atoms with E-state index >= 15 is 0 Å². The molecule has 0 amide bonds.